The molecular weight excluding hydrogens is 388 g/mol. The molecule has 1 fully saturated rings. The second-order valence-corrected chi connectivity index (χ2v) is 9.42. The minimum absolute atomic E-state index is 0.333. The van der Waals surface area contributed by atoms with E-state index < -0.39 is 5.60 Å². The monoisotopic (exact) mass is 416 g/mol. The Balaban J connectivity index is 1.39. The van der Waals surface area contributed by atoms with Crippen LogP contribution in [0.25, 0.3) is 21.8 Å². The molecule has 0 bridgehead atoms. The summed E-state index contributed by atoms with van der Waals surface area (Å²) in [5.74, 6) is 0.487. The first-order chi connectivity index (χ1) is 14.9. The standard InChI is InChI=1S/C25H28N4O2/c1-25(2,3)31-24(30)29-16-18(20-7-4-5-10-23(20)29)15-28-12-11-17(14-28)19-8-6-9-22-21(19)13-26-27-22/h4-10,13,16-17H,11-12,14-15H2,1-3H3,(H,26,27). The summed E-state index contributed by atoms with van der Waals surface area (Å²) in [6.07, 6.45) is 4.67. The van der Waals surface area contributed by atoms with E-state index >= 15 is 0 Å². The minimum Gasteiger partial charge on any atom is -0.443 e. The Labute approximate surface area is 181 Å². The number of carbonyl (C=O) groups excluding carboxylic acids is 1. The Bertz CT molecular complexity index is 1250. The molecule has 1 aliphatic rings. The van der Waals surface area contributed by atoms with Crippen molar-refractivity contribution in [2.24, 2.45) is 0 Å². The van der Waals surface area contributed by atoms with Gasteiger partial charge in [-0.2, -0.15) is 5.10 Å². The third-order valence-corrected chi connectivity index (χ3v) is 6.01. The second kappa shape index (κ2) is 7.54. The Kier molecular flexibility index (Phi) is 4.82. The van der Waals surface area contributed by atoms with E-state index in [1.165, 1.54) is 10.9 Å². The van der Waals surface area contributed by atoms with Crippen LogP contribution >= 0.6 is 0 Å². The van der Waals surface area contributed by atoms with Gasteiger partial charge in [0.25, 0.3) is 0 Å². The number of aromatic nitrogens is 3. The van der Waals surface area contributed by atoms with Crippen LogP contribution in [0, 0.1) is 0 Å². The lowest BCUT2D eigenvalue weighted by atomic mass is 9.95. The Morgan fingerprint density at radius 1 is 1.16 bits per heavy atom. The van der Waals surface area contributed by atoms with Crippen molar-refractivity contribution in [3.63, 3.8) is 0 Å². The van der Waals surface area contributed by atoms with Gasteiger partial charge in [-0.15, -0.1) is 0 Å². The van der Waals surface area contributed by atoms with Crippen molar-refractivity contribution in [2.75, 3.05) is 13.1 Å². The largest absolute Gasteiger partial charge is 0.443 e. The fraction of sp³-hybridized carbons (Fsp3) is 0.360. The van der Waals surface area contributed by atoms with Gasteiger partial charge in [0, 0.05) is 30.1 Å². The molecule has 5 rings (SSSR count). The van der Waals surface area contributed by atoms with Crippen molar-refractivity contribution in [1.82, 2.24) is 19.7 Å². The van der Waals surface area contributed by atoms with Gasteiger partial charge >= 0.3 is 6.09 Å². The summed E-state index contributed by atoms with van der Waals surface area (Å²) in [5, 5.41) is 9.61. The highest BCUT2D eigenvalue weighted by Crippen LogP contribution is 2.33. The van der Waals surface area contributed by atoms with Gasteiger partial charge in [0.2, 0.25) is 0 Å². The number of nitrogens with one attached hydrogen (secondary N) is 1. The summed E-state index contributed by atoms with van der Waals surface area (Å²) in [6, 6.07) is 14.5. The van der Waals surface area contributed by atoms with Gasteiger partial charge in [0.15, 0.2) is 0 Å². The number of H-pyrrole nitrogens is 1. The number of ether oxygens (including phenoxy) is 1. The number of nitrogens with zero attached hydrogens (tertiary/aromatic N) is 3. The first-order valence-electron chi connectivity index (χ1n) is 10.9. The van der Waals surface area contributed by atoms with Crippen LogP contribution in [-0.2, 0) is 11.3 Å². The highest BCUT2D eigenvalue weighted by Gasteiger charge is 2.27. The molecule has 1 unspecified atom stereocenters. The first-order valence-corrected chi connectivity index (χ1v) is 10.9. The van der Waals surface area contributed by atoms with Crippen LogP contribution in [0.1, 0.15) is 44.2 Å². The molecule has 6 heteroatoms. The van der Waals surface area contributed by atoms with Gasteiger partial charge in [0.05, 0.1) is 17.2 Å². The topological polar surface area (TPSA) is 63.1 Å². The molecule has 160 valence electrons. The zero-order chi connectivity index (χ0) is 21.6. The molecule has 1 saturated heterocycles. The molecular formula is C25H28N4O2. The molecule has 0 aliphatic carbocycles. The van der Waals surface area contributed by atoms with Crippen LogP contribution in [0.15, 0.2) is 54.9 Å². The van der Waals surface area contributed by atoms with Gasteiger partial charge in [-0.1, -0.05) is 30.3 Å². The Morgan fingerprint density at radius 2 is 2.00 bits per heavy atom. The van der Waals surface area contributed by atoms with Crippen molar-refractivity contribution in [3.05, 3.63) is 66.0 Å². The smallest absolute Gasteiger partial charge is 0.419 e. The van der Waals surface area contributed by atoms with Crippen molar-refractivity contribution >= 4 is 27.9 Å². The number of carbonyl (C=O) groups is 1. The first kappa shape index (κ1) is 19.8. The predicted octanol–water partition coefficient (Wildman–Crippen LogP) is 5.29. The quantitative estimate of drug-likeness (QED) is 0.493. The molecule has 1 aliphatic heterocycles. The lowest BCUT2D eigenvalue weighted by molar-refractivity contribution is 0.0544. The van der Waals surface area contributed by atoms with Gasteiger partial charge in [-0.05, 0) is 62.9 Å². The number of aromatic amines is 1. The maximum atomic E-state index is 12.8. The number of fused-ring (bicyclic) bond motifs is 2. The third-order valence-electron chi connectivity index (χ3n) is 6.01. The number of likely N-dealkylation sites (tertiary alicyclic amines) is 1. The average molecular weight is 417 g/mol. The molecule has 0 amide bonds. The lowest BCUT2D eigenvalue weighted by Gasteiger charge is -2.19. The second-order valence-electron chi connectivity index (χ2n) is 9.42. The van der Waals surface area contributed by atoms with Crippen LogP contribution < -0.4 is 0 Å². The molecule has 2 aromatic carbocycles. The average Bonchev–Trinajstić information content (AvgIpc) is 3.45. The van der Waals surface area contributed by atoms with Crippen LogP contribution in [0.4, 0.5) is 4.79 Å². The fourth-order valence-corrected chi connectivity index (χ4v) is 4.66. The van der Waals surface area contributed by atoms with Gasteiger partial charge in [-0.3, -0.25) is 14.6 Å². The number of hydrogen-bond donors (Lipinski definition) is 1. The van der Waals surface area contributed by atoms with E-state index in [2.05, 4.69) is 39.4 Å². The maximum absolute atomic E-state index is 12.8. The molecule has 1 atom stereocenters. The van der Waals surface area contributed by atoms with E-state index in [0.29, 0.717) is 5.92 Å². The van der Waals surface area contributed by atoms with Crippen molar-refractivity contribution in [3.8, 4) is 0 Å². The number of para-hydroxylation sites is 1. The molecule has 0 saturated carbocycles. The maximum Gasteiger partial charge on any atom is 0.419 e. The SMILES string of the molecule is CC(C)(C)OC(=O)n1cc(CN2CCC(c3cccc4[nH]ncc34)C2)c2ccccc21. The summed E-state index contributed by atoms with van der Waals surface area (Å²) in [5.41, 5.74) is 3.98. The summed E-state index contributed by atoms with van der Waals surface area (Å²) in [7, 11) is 0. The summed E-state index contributed by atoms with van der Waals surface area (Å²) in [4.78, 5) is 15.3. The predicted molar refractivity (Wildman–Crippen MR) is 122 cm³/mol. The summed E-state index contributed by atoms with van der Waals surface area (Å²) < 4.78 is 7.27. The van der Waals surface area contributed by atoms with Crippen LogP contribution in [0.3, 0.4) is 0 Å². The van der Waals surface area contributed by atoms with E-state index in [0.717, 1.165) is 48.0 Å². The van der Waals surface area contributed by atoms with Gasteiger partial charge < -0.3 is 4.74 Å². The van der Waals surface area contributed by atoms with Crippen molar-refractivity contribution in [1.29, 1.82) is 0 Å². The molecule has 0 spiro atoms. The van der Waals surface area contributed by atoms with Crippen LogP contribution in [-0.4, -0.2) is 44.4 Å². The molecule has 2 aromatic heterocycles. The van der Waals surface area contributed by atoms with E-state index in [1.807, 2.05) is 51.4 Å². The summed E-state index contributed by atoms with van der Waals surface area (Å²) in [6.45, 7) is 8.52. The lowest BCUT2D eigenvalue weighted by Crippen LogP contribution is -2.26. The van der Waals surface area contributed by atoms with Gasteiger partial charge in [-0.25, -0.2) is 4.79 Å². The van der Waals surface area contributed by atoms with Crippen LogP contribution in [0.2, 0.25) is 0 Å². The van der Waals surface area contributed by atoms with Crippen molar-refractivity contribution < 1.29 is 9.53 Å². The molecule has 3 heterocycles. The van der Waals surface area contributed by atoms with E-state index in [9.17, 15) is 4.79 Å². The molecule has 0 radical (unpaired) electrons. The minimum atomic E-state index is -0.529. The fourth-order valence-electron chi connectivity index (χ4n) is 4.66. The molecule has 1 N–H and O–H groups in total. The molecule has 6 nitrogen and oxygen atoms in total. The normalized spacial score (nSPS) is 17.6. The van der Waals surface area contributed by atoms with E-state index in [-0.39, 0.29) is 6.09 Å². The number of rotatable bonds is 3. The zero-order valence-electron chi connectivity index (χ0n) is 18.3. The third kappa shape index (κ3) is 3.83. The Morgan fingerprint density at radius 3 is 2.84 bits per heavy atom. The van der Waals surface area contributed by atoms with E-state index in [1.54, 1.807) is 4.57 Å². The highest BCUT2D eigenvalue weighted by molar-refractivity contribution is 5.92. The van der Waals surface area contributed by atoms with Crippen LogP contribution in [0.5, 0.6) is 0 Å². The van der Waals surface area contributed by atoms with E-state index in [4.69, 9.17) is 4.74 Å². The molecule has 31 heavy (non-hydrogen) atoms. The van der Waals surface area contributed by atoms with Crippen molar-refractivity contribution in [2.45, 2.75) is 45.3 Å². The number of hydrogen-bond acceptors (Lipinski definition) is 4. The summed E-state index contributed by atoms with van der Waals surface area (Å²) >= 11 is 0. The zero-order valence-corrected chi connectivity index (χ0v) is 18.3. The number of benzene rings is 2. The highest BCUT2D eigenvalue weighted by atomic mass is 16.6. The Hall–Kier alpha value is -3.12. The molecule has 4 aromatic rings. The van der Waals surface area contributed by atoms with Gasteiger partial charge in [0.1, 0.15) is 5.60 Å².